The standard InChI is InChI=1S/C33H31F3N6O3S/c1-20(2)27-16-5-21(3)17-28(27)42-29(43)18-46-32(42)39-31(44)38-22(4)6-7-23-8-10-24(11-9-23)30-37-19-41(40-30)25-12-14-26(15-13-25)45-33(34,35)36/h5-17,19-20,22H,18H2,1-4H3,(H,38,44)/b7-6-,39-32-. The van der Waals surface area contributed by atoms with Gasteiger partial charge in [0, 0.05) is 11.6 Å². The molecule has 238 valence electrons. The molecule has 46 heavy (non-hydrogen) atoms. The van der Waals surface area contributed by atoms with Crippen LogP contribution in [0.15, 0.2) is 84.1 Å². The number of aromatic nitrogens is 3. The van der Waals surface area contributed by atoms with Crippen molar-refractivity contribution < 1.29 is 27.5 Å². The highest BCUT2D eigenvalue weighted by atomic mass is 32.2. The number of anilines is 1. The number of thioether (sulfide) groups is 1. The SMILES string of the molecule is Cc1ccc(C(C)C)c(N2C(=O)CS/C2=N\C(=O)NC(C)/C=C\c2ccc(-c3ncn(-c4ccc(OC(F)(F)F)cc4)n3)cc2)c1. The topological polar surface area (TPSA) is 102 Å². The van der Waals surface area contributed by atoms with Gasteiger partial charge in [-0.15, -0.1) is 18.3 Å². The molecule has 3 aromatic carbocycles. The number of aliphatic imine (C=N–C) groups is 1. The molecule has 0 radical (unpaired) electrons. The number of carbonyl (C=O) groups excluding carboxylic acids is 2. The van der Waals surface area contributed by atoms with E-state index >= 15 is 0 Å². The maximum Gasteiger partial charge on any atom is 0.573 e. The molecule has 0 saturated carbocycles. The van der Waals surface area contributed by atoms with Crippen LogP contribution >= 0.6 is 11.8 Å². The zero-order valence-electron chi connectivity index (χ0n) is 25.4. The predicted octanol–water partition coefficient (Wildman–Crippen LogP) is 7.51. The quantitative estimate of drug-likeness (QED) is 0.212. The van der Waals surface area contributed by atoms with Gasteiger partial charge < -0.3 is 10.1 Å². The van der Waals surface area contributed by atoms with Gasteiger partial charge >= 0.3 is 12.4 Å². The molecule has 2 heterocycles. The van der Waals surface area contributed by atoms with Crippen LogP contribution in [-0.2, 0) is 4.79 Å². The zero-order chi connectivity index (χ0) is 33.0. The third-order valence-electron chi connectivity index (χ3n) is 6.94. The molecule has 5 rings (SSSR count). The zero-order valence-corrected chi connectivity index (χ0v) is 26.3. The van der Waals surface area contributed by atoms with Crippen molar-refractivity contribution >= 4 is 40.6 Å². The van der Waals surface area contributed by atoms with E-state index in [1.54, 1.807) is 0 Å². The molecule has 1 unspecified atom stereocenters. The summed E-state index contributed by atoms with van der Waals surface area (Å²) < 4.78 is 42.6. The number of alkyl halides is 3. The molecule has 1 fully saturated rings. The Morgan fingerprint density at radius 1 is 1.07 bits per heavy atom. The summed E-state index contributed by atoms with van der Waals surface area (Å²) in [5.41, 5.74) is 4.91. The summed E-state index contributed by atoms with van der Waals surface area (Å²) in [6.07, 6.45) is 0.401. The molecule has 1 atom stereocenters. The van der Waals surface area contributed by atoms with E-state index in [9.17, 15) is 22.8 Å². The van der Waals surface area contributed by atoms with Gasteiger partial charge in [-0.2, -0.15) is 4.99 Å². The lowest BCUT2D eigenvalue weighted by molar-refractivity contribution is -0.274. The van der Waals surface area contributed by atoms with Gasteiger partial charge in [-0.25, -0.2) is 14.5 Å². The number of carbonyl (C=O) groups is 2. The lowest BCUT2D eigenvalue weighted by atomic mass is 9.99. The van der Waals surface area contributed by atoms with Crippen molar-refractivity contribution in [2.45, 2.75) is 46.0 Å². The van der Waals surface area contributed by atoms with Crippen LogP contribution in [-0.4, -0.2) is 50.0 Å². The number of ether oxygens (including phenoxy) is 1. The third-order valence-corrected chi connectivity index (χ3v) is 7.86. The molecular formula is C33H31F3N6O3S. The van der Waals surface area contributed by atoms with E-state index in [2.05, 4.69) is 39.0 Å². The number of hydrogen-bond donors (Lipinski definition) is 1. The van der Waals surface area contributed by atoms with Crippen LogP contribution in [0.3, 0.4) is 0 Å². The molecule has 3 amide bonds. The van der Waals surface area contributed by atoms with Crippen molar-refractivity contribution in [2.75, 3.05) is 10.7 Å². The lowest BCUT2D eigenvalue weighted by Gasteiger charge is -2.22. The van der Waals surface area contributed by atoms with Gasteiger partial charge in [0.15, 0.2) is 11.0 Å². The molecule has 4 aromatic rings. The number of aryl methyl sites for hydroxylation is 1. The Labute approximate surface area is 268 Å². The first-order valence-electron chi connectivity index (χ1n) is 14.4. The van der Waals surface area contributed by atoms with Gasteiger partial charge in [0.05, 0.1) is 17.1 Å². The number of rotatable bonds is 8. The summed E-state index contributed by atoms with van der Waals surface area (Å²) >= 11 is 1.24. The van der Waals surface area contributed by atoms with E-state index < -0.39 is 12.4 Å². The van der Waals surface area contributed by atoms with Crippen LogP contribution in [0.5, 0.6) is 5.75 Å². The molecule has 1 aromatic heterocycles. The second kappa shape index (κ2) is 13.6. The molecule has 0 bridgehead atoms. The Bertz CT molecular complexity index is 1780. The van der Waals surface area contributed by atoms with Crippen LogP contribution in [0, 0.1) is 6.92 Å². The Balaban J connectivity index is 1.20. The van der Waals surface area contributed by atoms with E-state index in [-0.39, 0.29) is 29.4 Å². The van der Waals surface area contributed by atoms with Crippen LogP contribution in [0.2, 0.25) is 0 Å². The highest BCUT2D eigenvalue weighted by molar-refractivity contribution is 8.15. The first-order chi connectivity index (χ1) is 21.9. The Morgan fingerprint density at radius 2 is 1.78 bits per heavy atom. The summed E-state index contributed by atoms with van der Waals surface area (Å²) in [5.74, 6) is 0.405. The number of nitrogens with zero attached hydrogens (tertiary/aromatic N) is 5. The number of halogens is 3. The molecule has 1 aliphatic heterocycles. The van der Waals surface area contributed by atoms with Crippen LogP contribution < -0.4 is 15.0 Å². The number of hydrogen-bond acceptors (Lipinski definition) is 6. The average Bonchev–Trinajstić information content (AvgIpc) is 3.63. The summed E-state index contributed by atoms with van der Waals surface area (Å²) in [4.78, 5) is 35.7. The fourth-order valence-corrected chi connectivity index (χ4v) is 5.56. The monoisotopic (exact) mass is 648 g/mol. The van der Waals surface area contributed by atoms with Crippen molar-refractivity contribution in [3.8, 4) is 22.8 Å². The third kappa shape index (κ3) is 8.02. The molecule has 1 saturated heterocycles. The van der Waals surface area contributed by atoms with Crippen molar-refractivity contribution in [3.05, 3.63) is 95.8 Å². The Kier molecular flexibility index (Phi) is 9.61. The number of benzene rings is 3. The summed E-state index contributed by atoms with van der Waals surface area (Å²) in [7, 11) is 0. The number of nitrogens with one attached hydrogen (secondary N) is 1. The first-order valence-corrected chi connectivity index (χ1v) is 15.4. The van der Waals surface area contributed by atoms with Gasteiger partial charge in [-0.3, -0.25) is 9.69 Å². The fourth-order valence-electron chi connectivity index (χ4n) is 4.70. The Hall–Kier alpha value is -4.91. The maximum absolute atomic E-state index is 12.8. The highest BCUT2D eigenvalue weighted by Crippen LogP contribution is 2.34. The van der Waals surface area contributed by atoms with Crippen molar-refractivity contribution in [2.24, 2.45) is 4.99 Å². The maximum atomic E-state index is 12.8. The molecular weight excluding hydrogens is 617 g/mol. The predicted molar refractivity (Wildman–Crippen MR) is 173 cm³/mol. The fraction of sp³-hybridized carbons (Fsp3) is 0.242. The minimum atomic E-state index is -4.76. The highest BCUT2D eigenvalue weighted by Gasteiger charge is 2.33. The van der Waals surface area contributed by atoms with E-state index in [1.165, 1.54) is 51.9 Å². The smallest absolute Gasteiger partial charge is 0.406 e. The van der Waals surface area contributed by atoms with Crippen molar-refractivity contribution in [1.29, 1.82) is 0 Å². The summed E-state index contributed by atoms with van der Waals surface area (Å²) in [5, 5.41) is 7.60. The summed E-state index contributed by atoms with van der Waals surface area (Å²) in [6.45, 7) is 7.90. The van der Waals surface area contributed by atoms with Gasteiger partial charge in [0.1, 0.15) is 12.1 Å². The Morgan fingerprint density at radius 3 is 2.46 bits per heavy atom. The van der Waals surface area contributed by atoms with Gasteiger partial charge in [-0.05, 0) is 66.8 Å². The molecule has 9 nitrogen and oxygen atoms in total. The molecule has 1 N–H and O–H groups in total. The number of amides is 3. The molecule has 13 heteroatoms. The first kappa shape index (κ1) is 32.5. The largest absolute Gasteiger partial charge is 0.573 e. The molecule has 1 aliphatic rings. The second-order valence-electron chi connectivity index (χ2n) is 10.9. The van der Waals surface area contributed by atoms with E-state index in [1.807, 2.05) is 68.5 Å². The van der Waals surface area contributed by atoms with Crippen LogP contribution in [0.1, 0.15) is 43.4 Å². The van der Waals surface area contributed by atoms with Crippen LogP contribution in [0.25, 0.3) is 23.2 Å². The van der Waals surface area contributed by atoms with E-state index in [4.69, 9.17) is 0 Å². The minimum Gasteiger partial charge on any atom is -0.406 e. The average molecular weight is 649 g/mol. The van der Waals surface area contributed by atoms with Crippen molar-refractivity contribution in [3.63, 3.8) is 0 Å². The normalized spacial score (nSPS) is 15.3. The van der Waals surface area contributed by atoms with Crippen molar-refractivity contribution in [1.82, 2.24) is 20.1 Å². The number of amidine groups is 1. The molecule has 0 spiro atoms. The minimum absolute atomic E-state index is 0.115. The lowest BCUT2D eigenvalue weighted by Crippen LogP contribution is -2.34. The van der Waals surface area contributed by atoms with Gasteiger partial charge in [0.25, 0.3) is 0 Å². The van der Waals surface area contributed by atoms with Gasteiger partial charge in [-0.1, -0.05) is 74.2 Å². The van der Waals surface area contributed by atoms with Crippen LogP contribution in [0.4, 0.5) is 23.7 Å². The second-order valence-corrected chi connectivity index (χ2v) is 11.8. The molecule has 0 aliphatic carbocycles. The number of urea groups is 1. The van der Waals surface area contributed by atoms with E-state index in [0.29, 0.717) is 16.7 Å². The van der Waals surface area contributed by atoms with E-state index in [0.717, 1.165) is 27.9 Å². The van der Waals surface area contributed by atoms with Gasteiger partial charge in [0.2, 0.25) is 5.91 Å². The summed E-state index contributed by atoms with van der Waals surface area (Å²) in [6, 6.07) is 17.8.